The Hall–Kier alpha value is -0.870. The highest BCUT2D eigenvalue weighted by Crippen LogP contribution is 2.15. The summed E-state index contributed by atoms with van der Waals surface area (Å²) in [5.41, 5.74) is 0.783. The number of nitrogens with one attached hydrogen (secondary N) is 1. The lowest BCUT2D eigenvalue weighted by Crippen LogP contribution is -2.39. The van der Waals surface area contributed by atoms with Gasteiger partial charge in [0.2, 0.25) is 0 Å². The first-order valence-corrected chi connectivity index (χ1v) is 6.80. The Morgan fingerprint density at radius 3 is 3.25 bits per heavy atom. The Balaban J connectivity index is 1.81. The van der Waals surface area contributed by atoms with Crippen molar-refractivity contribution in [2.24, 2.45) is 0 Å². The summed E-state index contributed by atoms with van der Waals surface area (Å²) in [5.74, 6) is 0.0594. The average molecular weight is 238 g/mol. The van der Waals surface area contributed by atoms with Gasteiger partial charge in [-0.1, -0.05) is 6.92 Å². The molecule has 0 spiro atoms. The molecule has 0 aliphatic carbocycles. The van der Waals surface area contributed by atoms with E-state index in [1.165, 1.54) is 19.4 Å². The summed E-state index contributed by atoms with van der Waals surface area (Å²) in [7, 11) is 0. The summed E-state index contributed by atoms with van der Waals surface area (Å²) in [4.78, 5) is 14.2. The molecule has 1 atom stereocenters. The van der Waals surface area contributed by atoms with Gasteiger partial charge in [-0.3, -0.25) is 9.69 Å². The maximum Gasteiger partial charge on any atom is 0.252 e. The standard InChI is InChI=1S/C12H18N2OS/c1-2-14-6-3-4-11(14)8-13-12(15)10-5-7-16-9-10/h5,7,9,11H,2-4,6,8H2,1H3,(H,13,15)/t11-/m1/s1. The van der Waals surface area contributed by atoms with Gasteiger partial charge in [0.15, 0.2) is 0 Å². The van der Waals surface area contributed by atoms with Gasteiger partial charge >= 0.3 is 0 Å². The SMILES string of the molecule is CCN1CCC[C@@H]1CNC(=O)c1ccsc1. The minimum Gasteiger partial charge on any atom is -0.350 e. The smallest absolute Gasteiger partial charge is 0.252 e. The van der Waals surface area contributed by atoms with Crippen LogP contribution < -0.4 is 5.32 Å². The van der Waals surface area contributed by atoms with E-state index < -0.39 is 0 Å². The Morgan fingerprint density at radius 1 is 1.69 bits per heavy atom. The van der Waals surface area contributed by atoms with Crippen molar-refractivity contribution < 1.29 is 4.79 Å². The second kappa shape index (κ2) is 5.46. The molecule has 0 aromatic carbocycles. The number of likely N-dealkylation sites (tertiary alicyclic amines) is 1. The molecule has 4 heteroatoms. The number of nitrogens with zero attached hydrogens (tertiary/aromatic N) is 1. The van der Waals surface area contributed by atoms with Crippen LogP contribution in [0.2, 0.25) is 0 Å². The maximum absolute atomic E-state index is 11.7. The van der Waals surface area contributed by atoms with Crippen LogP contribution in [0.25, 0.3) is 0 Å². The van der Waals surface area contributed by atoms with Crippen molar-refractivity contribution in [2.45, 2.75) is 25.8 Å². The minimum absolute atomic E-state index is 0.0594. The molecule has 1 saturated heterocycles. The van der Waals surface area contributed by atoms with Crippen molar-refractivity contribution in [2.75, 3.05) is 19.6 Å². The molecule has 0 unspecified atom stereocenters. The van der Waals surface area contributed by atoms with Crippen molar-refractivity contribution in [3.63, 3.8) is 0 Å². The van der Waals surface area contributed by atoms with Crippen LogP contribution in [0.15, 0.2) is 16.8 Å². The largest absolute Gasteiger partial charge is 0.350 e. The fourth-order valence-corrected chi connectivity index (χ4v) is 2.88. The number of carbonyl (C=O) groups is 1. The molecule has 1 fully saturated rings. The van der Waals surface area contributed by atoms with Crippen LogP contribution >= 0.6 is 11.3 Å². The van der Waals surface area contributed by atoms with Crippen molar-refractivity contribution in [3.8, 4) is 0 Å². The number of amides is 1. The molecule has 0 radical (unpaired) electrons. The highest BCUT2D eigenvalue weighted by Gasteiger charge is 2.23. The van der Waals surface area contributed by atoms with Gasteiger partial charge in [0.1, 0.15) is 0 Å². The third-order valence-electron chi connectivity index (χ3n) is 3.19. The molecule has 2 heterocycles. The van der Waals surface area contributed by atoms with Crippen molar-refractivity contribution in [1.29, 1.82) is 0 Å². The fourth-order valence-electron chi connectivity index (χ4n) is 2.25. The van der Waals surface area contributed by atoms with E-state index in [0.717, 1.165) is 18.7 Å². The normalized spacial score (nSPS) is 21.2. The Bertz CT molecular complexity index is 337. The van der Waals surface area contributed by atoms with Gasteiger partial charge in [-0.05, 0) is 37.4 Å². The summed E-state index contributed by atoms with van der Waals surface area (Å²) in [6, 6.07) is 2.40. The van der Waals surface area contributed by atoms with Crippen LogP contribution in [-0.4, -0.2) is 36.5 Å². The molecular formula is C12H18N2OS. The molecule has 88 valence electrons. The lowest BCUT2D eigenvalue weighted by molar-refractivity contribution is 0.0942. The van der Waals surface area contributed by atoms with Crippen LogP contribution in [-0.2, 0) is 0 Å². The van der Waals surface area contributed by atoms with Gasteiger partial charge in [-0.2, -0.15) is 11.3 Å². The predicted molar refractivity (Wildman–Crippen MR) is 66.9 cm³/mol. The van der Waals surface area contributed by atoms with Gasteiger partial charge < -0.3 is 5.32 Å². The number of likely N-dealkylation sites (N-methyl/N-ethyl adjacent to an activating group) is 1. The monoisotopic (exact) mass is 238 g/mol. The number of hydrogen-bond acceptors (Lipinski definition) is 3. The van der Waals surface area contributed by atoms with E-state index in [-0.39, 0.29) is 5.91 Å². The average Bonchev–Trinajstić information content (AvgIpc) is 2.96. The molecule has 1 aliphatic heterocycles. The van der Waals surface area contributed by atoms with Crippen LogP contribution in [0.3, 0.4) is 0 Å². The maximum atomic E-state index is 11.7. The number of thiophene rings is 1. The van der Waals surface area contributed by atoms with Crippen LogP contribution in [0, 0.1) is 0 Å². The van der Waals surface area contributed by atoms with E-state index >= 15 is 0 Å². The van der Waals surface area contributed by atoms with Crippen molar-refractivity contribution in [1.82, 2.24) is 10.2 Å². The second-order valence-electron chi connectivity index (χ2n) is 4.15. The molecule has 0 saturated carbocycles. The van der Waals surface area contributed by atoms with Crippen molar-refractivity contribution >= 4 is 17.2 Å². The highest BCUT2D eigenvalue weighted by molar-refractivity contribution is 7.08. The molecule has 1 aromatic rings. The molecule has 3 nitrogen and oxygen atoms in total. The molecule has 2 rings (SSSR count). The van der Waals surface area contributed by atoms with Gasteiger partial charge in [0.25, 0.3) is 5.91 Å². The zero-order chi connectivity index (χ0) is 11.4. The van der Waals surface area contributed by atoms with Gasteiger partial charge in [0, 0.05) is 23.5 Å². The Kier molecular flexibility index (Phi) is 3.96. The predicted octanol–water partition coefficient (Wildman–Crippen LogP) is 1.96. The first-order chi connectivity index (χ1) is 7.81. The highest BCUT2D eigenvalue weighted by atomic mass is 32.1. The zero-order valence-electron chi connectivity index (χ0n) is 9.61. The third kappa shape index (κ3) is 2.62. The fraction of sp³-hybridized carbons (Fsp3) is 0.583. The third-order valence-corrected chi connectivity index (χ3v) is 3.87. The molecule has 1 aromatic heterocycles. The molecule has 1 aliphatic rings. The van der Waals surface area contributed by atoms with E-state index in [0.29, 0.717) is 6.04 Å². The summed E-state index contributed by atoms with van der Waals surface area (Å²) in [5, 5.41) is 6.84. The van der Waals surface area contributed by atoms with Crippen LogP contribution in [0.5, 0.6) is 0 Å². The minimum atomic E-state index is 0.0594. The molecule has 1 N–H and O–H groups in total. The molecule has 0 bridgehead atoms. The summed E-state index contributed by atoms with van der Waals surface area (Å²) in [6.07, 6.45) is 2.46. The Labute approximate surface area is 100 Å². The van der Waals surface area contributed by atoms with Crippen molar-refractivity contribution in [3.05, 3.63) is 22.4 Å². The number of rotatable bonds is 4. The lowest BCUT2D eigenvalue weighted by Gasteiger charge is -2.22. The quantitative estimate of drug-likeness (QED) is 0.869. The summed E-state index contributed by atoms with van der Waals surface area (Å²) in [6.45, 7) is 5.22. The first-order valence-electron chi connectivity index (χ1n) is 5.85. The van der Waals surface area contributed by atoms with Crippen LogP contribution in [0.4, 0.5) is 0 Å². The van der Waals surface area contributed by atoms with E-state index in [9.17, 15) is 4.79 Å². The van der Waals surface area contributed by atoms with E-state index in [1.807, 2.05) is 16.8 Å². The van der Waals surface area contributed by atoms with E-state index in [1.54, 1.807) is 11.3 Å². The number of hydrogen-bond donors (Lipinski definition) is 1. The lowest BCUT2D eigenvalue weighted by atomic mass is 10.2. The first kappa shape index (κ1) is 11.6. The van der Waals surface area contributed by atoms with E-state index in [2.05, 4.69) is 17.1 Å². The molecule has 16 heavy (non-hydrogen) atoms. The molecular weight excluding hydrogens is 220 g/mol. The Morgan fingerprint density at radius 2 is 2.56 bits per heavy atom. The molecule has 1 amide bonds. The summed E-state index contributed by atoms with van der Waals surface area (Å²) < 4.78 is 0. The zero-order valence-corrected chi connectivity index (χ0v) is 10.4. The van der Waals surface area contributed by atoms with E-state index in [4.69, 9.17) is 0 Å². The van der Waals surface area contributed by atoms with Gasteiger partial charge in [0.05, 0.1) is 0 Å². The second-order valence-corrected chi connectivity index (χ2v) is 4.93. The van der Waals surface area contributed by atoms with Gasteiger partial charge in [-0.15, -0.1) is 0 Å². The van der Waals surface area contributed by atoms with Gasteiger partial charge in [-0.25, -0.2) is 0 Å². The summed E-state index contributed by atoms with van der Waals surface area (Å²) >= 11 is 1.56. The number of carbonyl (C=O) groups excluding carboxylic acids is 1. The van der Waals surface area contributed by atoms with Crippen LogP contribution in [0.1, 0.15) is 30.1 Å². The topological polar surface area (TPSA) is 32.3 Å².